The highest BCUT2D eigenvalue weighted by Gasteiger charge is 2.38. The molecule has 6 nitrogen and oxygen atoms in total. The summed E-state index contributed by atoms with van der Waals surface area (Å²) in [5.74, 6) is -1.95. The number of urea groups is 2. The highest BCUT2D eigenvalue weighted by atomic mass is 19.2. The number of halogens is 3. The molecule has 35 heavy (non-hydrogen) atoms. The van der Waals surface area contributed by atoms with Crippen LogP contribution in [0.15, 0.2) is 42.5 Å². The van der Waals surface area contributed by atoms with Gasteiger partial charge in [-0.2, -0.15) is 0 Å². The lowest BCUT2D eigenvalue weighted by molar-refractivity contribution is 0.134. The fraction of sp³-hybridized carbons (Fsp3) is 0.462. The number of imide groups is 1. The first-order valence-corrected chi connectivity index (χ1v) is 12.1. The summed E-state index contributed by atoms with van der Waals surface area (Å²) in [6, 6.07) is 8.39. The highest BCUT2D eigenvalue weighted by molar-refractivity contribution is 5.94. The quantitative estimate of drug-likeness (QED) is 0.575. The number of amides is 4. The predicted molar refractivity (Wildman–Crippen MR) is 126 cm³/mol. The number of likely N-dealkylation sites (tertiary alicyclic amines) is 1. The number of carbonyl (C=O) groups is 2. The maximum atomic E-state index is 13.8. The van der Waals surface area contributed by atoms with Gasteiger partial charge in [-0.15, -0.1) is 0 Å². The molecule has 0 spiro atoms. The molecule has 2 aliphatic rings. The van der Waals surface area contributed by atoms with Gasteiger partial charge in [-0.25, -0.2) is 27.7 Å². The van der Waals surface area contributed by atoms with Gasteiger partial charge >= 0.3 is 12.1 Å². The van der Waals surface area contributed by atoms with Gasteiger partial charge in [0.25, 0.3) is 0 Å². The molecule has 0 aliphatic carbocycles. The number of nitrogens with one attached hydrogen (secondary N) is 2. The lowest BCUT2D eigenvalue weighted by atomic mass is 9.89. The third-order valence-electron chi connectivity index (χ3n) is 6.97. The van der Waals surface area contributed by atoms with Crippen molar-refractivity contribution in [1.82, 2.24) is 20.4 Å². The van der Waals surface area contributed by atoms with Crippen molar-refractivity contribution in [3.8, 4) is 0 Å². The normalized spacial score (nSPS) is 21.6. The summed E-state index contributed by atoms with van der Waals surface area (Å²) in [5.41, 5.74) is 1.55. The standard InChI is InChI=1S/C26H31F3N4O2/c1-17-16-31-26(35)33(24(17)20-5-8-22(28)23(29)15-20)25(34)30-11-2-12-32-13-9-19(10-14-32)18-3-6-21(27)7-4-18/h3-8,15,17,19,24H,2,9-14,16H2,1H3,(H,30,34)(H,31,35). The minimum absolute atomic E-state index is 0.175. The number of benzene rings is 2. The van der Waals surface area contributed by atoms with Crippen molar-refractivity contribution in [2.45, 2.75) is 38.1 Å². The topological polar surface area (TPSA) is 64.7 Å². The van der Waals surface area contributed by atoms with E-state index >= 15 is 0 Å². The molecule has 188 valence electrons. The number of carbonyl (C=O) groups excluding carboxylic acids is 2. The number of hydrogen-bond acceptors (Lipinski definition) is 3. The Kier molecular flexibility index (Phi) is 7.95. The van der Waals surface area contributed by atoms with E-state index in [9.17, 15) is 22.8 Å². The van der Waals surface area contributed by atoms with Gasteiger partial charge in [0.1, 0.15) is 5.82 Å². The van der Waals surface area contributed by atoms with E-state index in [-0.39, 0.29) is 11.7 Å². The van der Waals surface area contributed by atoms with Crippen molar-refractivity contribution in [3.63, 3.8) is 0 Å². The van der Waals surface area contributed by atoms with Crippen LogP contribution < -0.4 is 10.6 Å². The van der Waals surface area contributed by atoms with Gasteiger partial charge in [-0.05, 0) is 86.1 Å². The van der Waals surface area contributed by atoms with Gasteiger partial charge in [-0.1, -0.05) is 25.1 Å². The molecule has 2 N–H and O–H groups in total. The summed E-state index contributed by atoms with van der Waals surface area (Å²) in [4.78, 5) is 28.8. The van der Waals surface area contributed by atoms with Crippen LogP contribution in [0.3, 0.4) is 0 Å². The Morgan fingerprint density at radius 3 is 2.40 bits per heavy atom. The second-order valence-corrected chi connectivity index (χ2v) is 9.40. The largest absolute Gasteiger partial charge is 0.338 e. The zero-order valence-electron chi connectivity index (χ0n) is 19.8. The molecule has 2 atom stereocenters. The average Bonchev–Trinajstić information content (AvgIpc) is 2.85. The second kappa shape index (κ2) is 11.1. The van der Waals surface area contributed by atoms with Crippen LogP contribution in [0.25, 0.3) is 0 Å². The maximum absolute atomic E-state index is 13.8. The van der Waals surface area contributed by atoms with Crippen molar-refractivity contribution < 1.29 is 22.8 Å². The minimum atomic E-state index is -1.01. The lowest BCUT2D eigenvalue weighted by Crippen LogP contribution is -2.57. The van der Waals surface area contributed by atoms with Crippen LogP contribution >= 0.6 is 0 Å². The Balaban J connectivity index is 1.27. The second-order valence-electron chi connectivity index (χ2n) is 9.40. The monoisotopic (exact) mass is 488 g/mol. The smallest absolute Gasteiger partial charge is 0.326 e. The third kappa shape index (κ3) is 5.96. The van der Waals surface area contributed by atoms with Crippen molar-refractivity contribution in [3.05, 3.63) is 71.0 Å². The fourth-order valence-electron chi connectivity index (χ4n) is 5.03. The van der Waals surface area contributed by atoms with Gasteiger partial charge in [0.05, 0.1) is 6.04 Å². The molecular weight excluding hydrogens is 457 g/mol. The Hall–Kier alpha value is -3.07. The number of piperidine rings is 1. The molecular formula is C26H31F3N4O2. The van der Waals surface area contributed by atoms with Crippen LogP contribution in [0.5, 0.6) is 0 Å². The van der Waals surface area contributed by atoms with Crippen LogP contribution in [0.4, 0.5) is 22.8 Å². The van der Waals surface area contributed by atoms with E-state index in [4.69, 9.17) is 0 Å². The lowest BCUT2D eigenvalue weighted by Gasteiger charge is -2.39. The molecule has 2 saturated heterocycles. The van der Waals surface area contributed by atoms with E-state index in [1.165, 1.54) is 23.8 Å². The predicted octanol–water partition coefficient (Wildman–Crippen LogP) is 4.79. The van der Waals surface area contributed by atoms with Gasteiger partial charge in [-0.3, -0.25) is 0 Å². The molecule has 2 aromatic rings. The Morgan fingerprint density at radius 1 is 1.03 bits per heavy atom. The van der Waals surface area contributed by atoms with Crippen LogP contribution in [-0.2, 0) is 0 Å². The van der Waals surface area contributed by atoms with Crippen molar-refractivity contribution in [1.29, 1.82) is 0 Å². The molecule has 4 rings (SSSR count). The van der Waals surface area contributed by atoms with E-state index in [1.54, 1.807) is 0 Å². The average molecular weight is 489 g/mol. The molecule has 4 amide bonds. The molecule has 2 aliphatic heterocycles. The highest BCUT2D eigenvalue weighted by Crippen LogP contribution is 2.32. The number of rotatable bonds is 6. The van der Waals surface area contributed by atoms with Crippen LogP contribution in [-0.4, -0.2) is 54.6 Å². The maximum Gasteiger partial charge on any atom is 0.326 e. The van der Waals surface area contributed by atoms with Gasteiger partial charge < -0.3 is 15.5 Å². The summed E-state index contributed by atoms with van der Waals surface area (Å²) in [7, 11) is 0. The molecule has 0 saturated carbocycles. The van der Waals surface area contributed by atoms with E-state index in [1.807, 2.05) is 19.1 Å². The van der Waals surface area contributed by atoms with Crippen molar-refractivity contribution in [2.75, 3.05) is 32.7 Å². The van der Waals surface area contributed by atoms with Crippen molar-refractivity contribution in [2.24, 2.45) is 5.92 Å². The molecule has 0 bridgehead atoms. The fourth-order valence-corrected chi connectivity index (χ4v) is 5.03. The summed E-state index contributed by atoms with van der Waals surface area (Å²) >= 11 is 0. The summed E-state index contributed by atoms with van der Waals surface area (Å²) in [5, 5.41) is 5.49. The number of nitrogens with zero attached hydrogens (tertiary/aromatic N) is 2. The first-order chi connectivity index (χ1) is 16.8. The zero-order valence-corrected chi connectivity index (χ0v) is 19.8. The Bertz CT molecular complexity index is 1040. The zero-order chi connectivity index (χ0) is 24.9. The third-order valence-corrected chi connectivity index (χ3v) is 6.97. The molecule has 2 fully saturated rings. The molecule has 9 heteroatoms. The molecule has 2 aromatic carbocycles. The van der Waals surface area contributed by atoms with Crippen LogP contribution in [0.2, 0.25) is 0 Å². The van der Waals surface area contributed by atoms with E-state index in [2.05, 4.69) is 15.5 Å². The Labute approximate surface area is 203 Å². The van der Waals surface area contributed by atoms with Crippen molar-refractivity contribution >= 4 is 12.1 Å². The first kappa shape index (κ1) is 25.0. The SMILES string of the molecule is CC1CNC(=O)N(C(=O)NCCCN2CCC(c3ccc(F)cc3)CC2)C1c1ccc(F)c(F)c1. The van der Waals surface area contributed by atoms with Gasteiger partial charge in [0, 0.05) is 13.1 Å². The molecule has 2 unspecified atom stereocenters. The van der Waals surface area contributed by atoms with Gasteiger partial charge in [0.15, 0.2) is 11.6 Å². The molecule has 0 radical (unpaired) electrons. The van der Waals surface area contributed by atoms with E-state index in [0.717, 1.165) is 49.5 Å². The van der Waals surface area contributed by atoms with Crippen LogP contribution in [0.1, 0.15) is 49.3 Å². The molecule has 0 aromatic heterocycles. The summed E-state index contributed by atoms with van der Waals surface area (Å²) in [6.07, 6.45) is 2.72. The van der Waals surface area contributed by atoms with Gasteiger partial charge in [0.2, 0.25) is 0 Å². The number of hydrogen-bond donors (Lipinski definition) is 2. The Morgan fingerprint density at radius 2 is 1.71 bits per heavy atom. The van der Waals surface area contributed by atoms with Crippen LogP contribution in [0, 0.1) is 23.4 Å². The molecule has 2 heterocycles. The first-order valence-electron chi connectivity index (χ1n) is 12.1. The minimum Gasteiger partial charge on any atom is -0.338 e. The summed E-state index contributed by atoms with van der Waals surface area (Å²) < 4.78 is 40.4. The summed E-state index contributed by atoms with van der Waals surface area (Å²) in [6.45, 7) is 5.24. The van der Waals surface area contributed by atoms with E-state index < -0.39 is 29.7 Å². The van der Waals surface area contributed by atoms with E-state index in [0.29, 0.717) is 31.0 Å².